The van der Waals surface area contributed by atoms with Crippen LogP contribution in [0.2, 0.25) is 0 Å². The van der Waals surface area contributed by atoms with Gasteiger partial charge in [0.25, 0.3) is 5.56 Å². The molecule has 1 aromatic rings. The van der Waals surface area contributed by atoms with Gasteiger partial charge in [-0.2, -0.15) is 11.8 Å². The van der Waals surface area contributed by atoms with Gasteiger partial charge in [-0.25, -0.2) is 4.98 Å². The third-order valence-corrected chi connectivity index (χ3v) is 5.57. The van der Waals surface area contributed by atoms with Crippen LogP contribution in [0.15, 0.2) is 16.1 Å². The largest absolute Gasteiger partial charge is 0.391 e. The molecule has 120 valence electrons. The standard InChI is InChI=1S/C15H22N4O2S/c1-2-3-22-8-11-6-19(7-12(11)20)5-10-4-16-14-13(10)17-9-18-15(14)21/h4,9-12,20H,2-3,5-8H2,1H3,(H,17,18,21)/t10?,11-,12+/m1/s1. The van der Waals surface area contributed by atoms with Gasteiger partial charge in [0.1, 0.15) is 5.69 Å². The maximum absolute atomic E-state index is 11.7. The fourth-order valence-corrected chi connectivity index (χ4v) is 4.17. The average molecular weight is 322 g/mol. The first-order chi connectivity index (χ1) is 10.7. The Bertz CT molecular complexity index is 603. The molecule has 3 atom stereocenters. The Kier molecular flexibility index (Phi) is 4.95. The summed E-state index contributed by atoms with van der Waals surface area (Å²) in [5.41, 5.74) is 1.00. The van der Waals surface area contributed by atoms with Gasteiger partial charge in [-0.05, 0) is 17.9 Å². The Hall–Kier alpha value is -1.18. The number of aliphatic imine (C=N–C) groups is 1. The number of fused-ring (bicyclic) bond motifs is 1. The predicted molar refractivity (Wildman–Crippen MR) is 89.3 cm³/mol. The van der Waals surface area contributed by atoms with Crippen molar-refractivity contribution in [1.29, 1.82) is 0 Å². The number of aliphatic hydroxyl groups is 1. The Morgan fingerprint density at radius 1 is 1.50 bits per heavy atom. The third-order valence-electron chi connectivity index (χ3n) is 4.21. The van der Waals surface area contributed by atoms with Crippen LogP contribution >= 0.6 is 11.8 Å². The van der Waals surface area contributed by atoms with Crippen molar-refractivity contribution in [3.8, 4) is 0 Å². The SMILES string of the molecule is CCCSC[C@H]1CN(CC2C=Nc3c2nc[nH]c3=O)C[C@@H]1O. The minimum absolute atomic E-state index is 0.0477. The predicted octanol–water partition coefficient (Wildman–Crippen LogP) is 1.01. The second kappa shape index (κ2) is 6.93. The Labute approximate surface area is 134 Å². The van der Waals surface area contributed by atoms with E-state index in [4.69, 9.17) is 0 Å². The van der Waals surface area contributed by atoms with E-state index in [0.717, 1.165) is 30.3 Å². The van der Waals surface area contributed by atoms with Gasteiger partial charge in [0, 0.05) is 31.8 Å². The summed E-state index contributed by atoms with van der Waals surface area (Å²) in [5.74, 6) is 2.55. The lowest BCUT2D eigenvalue weighted by Gasteiger charge is -2.18. The number of likely N-dealkylation sites (tertiary alicyclic amines) is 1. The molecule has 1 fully saturated rings. The third kappa shape index (κ3) is 3.26. The zero-order valence-electron chi connectivity index (χ0n) is 12.7. The van der Waals surface area contributed by atoms with Crippen molar-refractivity contribution in [3.63, 3.8) is 0 Å². The maximum atomic E-state index is 11.7. The highest BCUT2D eigenvalue weighted by Crippen LogP contribution is 2.29. The number of hydrogen-bond acceptors (Lipinski definition) is 6. The van der Waals surface area contributed by atoms with Crippen LogP contribution in [0.4, 0.5) is 5.69 Å². The van der Waals surface area contributed by atoms with Crippen LogP contribution in [-0.4, -0.2) is 63.4 Å². The fourth-order valence-electron chi connectivity index (χ4n) is 3.08. The van der Waals surface area contributed by atoms with Crippen LogP contribution in [0.1, 0.15) is 25.0 Å². The summed E-state index contributed by atoms with van der Waals surface area (Å²) in [7, 11) is 0. The number of aromatic amines is 1. The lowest BCUT2D eigenvalue weighted by molar-refractivity contribution is 0.150. The molecule has 2 aliphatic heterocycles. The second-order valence-electron chi connectivity index (χ2n) is 5.97. The smallest absolute Gasteiger partial charge is 0.276 e. The summed E-state index contributed by atoms with van der Waals surface area (Å²) < 4.78 is 0. The first-order valence-electron chi connectivity index (χ1n) is 7.79. The highest BCUT2D eigenvalue weighted by Gasteiger charge is 2.33. The van der Waals surface area contributed by atoms with E-state index in [1.807, 2.05) is 11.8 Å². The molecule has 22 heavy (non-hydrogen) atoms. The number of rotatable bonds is 6. The number of thioether (sulfide) groups is 1. The molecule has 0 aromatic carbocycles. The van der Waals surface area contributed by atoms with Crippen molar-refractivity contribution in [1.82, 2.24) is 14.9 Å². The van der Waals surface area contributed by atoms with Crippen LogP contribution in [0, 0.1) is 5.92 Å². The van der Waals surface area contributed by atoms with Crippen molar-refractivity contribution in [2.24, 2.45) is 10.9 Å². The Balaban J connectivity index is 1.59. The highest BCUT2D eigenvalue weighted by atomic mass is 32.2. The number of aliphatic hydroxyl groups excluding tert-OH is 1. The number of nitrogens with one attached hydrogen (secondary N) is 1. The summed E-state index contributed by atoms with van der Waals surface area (Å²) in [4.78, 5) is 25.0. The first-order valence-corrected chi connectivity index (χ1v) is 8.94. The molecule has 1 aromatic heterocycles. The van der Waals surface area contributed by atoms with Crippen LogP contribution in [0.3, 0.4) is 0 Å². The minimum atomic E-state index is -0.255. The van der Waals surface area contributed by atoms with Crippen molar-refractivity contribution in [3.05, 3.63) is 22.4 Å². The summed E-state index contributed by atoms with van der Waals surface area (Å²) in [6.45, 7) is 4.54. The summed E-state index contributed by atoms with van der Waals surface area (Å²) in [6, 6.07) is 0. The topological polar surface area (TPSA) is 81.6 Å². The van der Waals surface area contributed by atoms with E-state index in [0.29, 0.717) is 18.2 Å². The number of β-amino-alcohol motifs (C(OH)–C–C–N with tert-alkyl or cyclic N) is 1. The molecule has 1 saturated heterocycles. The molecular weight excluding hydrogens is 300 g/mol. The molecule has 1 unspecified atom stereocenters. The minimum Gasteiger partial charge on any atom is -0.391 e. The molecule has 6 nitrogen and oxygen atoms in total. The number of nitrogens with zero attached hydrogens (tertiary/aromatic N) is 3. The van der Waals surface area contributed by atoms with Gasteiger partial charge in [0.05, 0.1) is 24.0 Å². The molecule has 0 amide bonds. The van der Waals surface area contributed by atoms with Gasteiger partial charge >= 0.3 is 0 Å². The number of hydrogen-bond donors (Lipinski definition) is 2. The average Bonchev–Trinajstić information content (AvgIpc) is 3.05. The van der Waals surface area contributed by atoms with E-state index in [1.54, 1.807) is 6.21 Å². The summed E-state index contributed by atoms with van der Waals surface area (Å²) in [6.07, 6.45) is 4.16. The fraction of sp³-hybridized carbons (Fsp3) is 0.667. The number of aromatic nitrogens is 2. The lowest BCUT2D eigenvalue weighted by atomic mass is 10.1. The molecule has 0 spiro atoms. The van der Waals surface area contributed by atoms with Gasteiger partial charge in [-0.3, -0.25) is 14.7 Å². The molecule has 0 bridgehead atoms. The quantitative estimate of drug-likeness (QED) is 0.764. The summed E-state index contributed by atoms with van der Waals surface area (Å²) in [5, 5.41) is 10.2. The molecule has 7 heteroatoms. The summed E-state index contributed by atoms with van der Waals surface area (Å²) >= 11 is 1.92. The van der Waals surface area contributed by atoms with E-state index >= 15 is 0 Å². The van der Waals surface area contributed by atoms with Gasteiger partial charge in [-0.1, -0.05) is 6.92 Å². The van der Waals surface area contributed by atoms with Crippen molar-refractivity contribution < 1.29 is 5.11 Å². The van der Waals surface area contributed by atoms with E-state index in [-0.39, 0.29) is 17.6 Å². The zero-order valence-corrected chi connectivity index (χ0v) is 13.6. The van der Waals surface area contributed by atoms with Crippen LogP contribution in [0.5, 0.6) is 0 Å². The monoisotopic (exact) mass is 322 g/mol. The van der Waals surface area contributed by atoms with Gasteiger partial charge in [0.2, 0.25) is 0 Å². The second-order valence-corrected chi connectivity index (χ2v) is 7.12. The maximum Gasteiger partial charge on any atom is 0.276 e. The van der Waals surface area contributed by atoms with E-state index < -0.39 is 0 Å². The van der Waals surface area contributed by atoms with Gasteiger partial charge < -0.3 is 10.1 Å². The molecular formula is C15H22N4O2S. The molecule has 2 N–H and O–H groups in total. The highest BCUT2D eigenvalue weighted by molar-refractivity contribution is 7.99. The normalized spacial score (nSPS) is 27.5. The molecule has 2 aliphatic rings. The van der Waals surface area contributed by atoms with Crippen molar-refractivity contribution in [2.75, 3.05) is 31.1 Å². The van der Waals surface area contributed by atoms with E-state index in [9.17, 15) is 9.90 Å². The molecule has 0 radical (unpaired) electrons. The first kappa shape index (κ1) is 15.7. The van der Waals surface area contributed by atoms with E-state index in [1.165, 1.54) is 12.7 Å². The lowest BCUT2D eigenvalue weighted by Crippen LogP contribution is -2.28. The van der Waals surface area contributed by atoms with Crippen molar-refractivity contribution >= 4 is 23.7 Å². The van der Waals surface area contributed by atoms with Gasteiger partial charge in [0.15, 0.2) is 0 Å². The van der Waals surface area contributed by atoms with Crippen molar-refractivity contribution in [2.45, 2.75) is 25.4 Å². The van der Waals surface area contributed by atoms with Gasteiger partial charge in [-0.15, -0.1) is 0 Å². The Morgan fingerprint density at radius 3 is 3.18 bits per heavy atom. The zero-order chi connectivity index (χ0) is 15.5. The molecule has 0 saturated carbocycles. The van der Waals surface area contributed by atoms with Crippen LogP contribution in [0.25, 0.3) is 0 Å². The Morgan fingerprint density at radius 2 is 2.36 bits per heavy atom. The number of H-pyrrole nitrogens is 1. The van der Waals surface area contributed by atoms with Crippen LogP contribution < -0.4 is 5.56 Å². The molecule has 3 heterocycles. The van der Waals surface area contributed by atoms with E-state index in [2.05, 4.69) is 26.8 Å². The van der Waals surface area contributed by atoms with Crippen LogP contribution in [-0.2, 0) is 0 Å². The molecule has 3 rings (SSSR count). The molecule has 0 aliphatic carbocycles.